The van der Waals surface area contributed by atoms with Crippen LogP contribution in [0.15, 0.2) is 24.3 Å². The molecule has 1 aromatic carbocycles. The summed E-state index contributed by atoms with van der Waals surface area (Å²) in [5.74, 6) is 0.984. The zero-order chi connectivity index (χ0) is 16.2. The number of benzene rings is 1. The van der Waals surface area contributed by atoms with Crippen LogP contribution in [0.3, 0.4) is 0 Å². The van der Waals surface area contributed by atoms with Gasteiger partial charge in [0.2, 0.25) is 0 Å². The maximum atomic E-state index is 12.5. The number of carbonyl (C=O) groups is 1. The summed E-state index contributed by atoms with van der Waals surface area (Å²) in [6.07, 6.45) is 2.66. The minimum atomic E-state index is 0.177. The Hall–Kier alpha value is -1.39. The molecule has 0 N–H and O–H groups in total. The Balaban J connectivity index is 1.57. The van der Waals surface area contributed by atoms with E-state index in [1.54, 1.807) is 0 Å². The highest BCUT2D eigenvalue weighted by molar-refractivity contribution is 5.94. The van der Waals surface area contributed by atoms with E-state index in [0.29, 0.717) is 0 Å². The van der Waals surface area contributed by atoms with Crippen LogP contribution in [0.2, 0.25) is 0 Å². The zero-order valence-electron chi connectivity index (χ0n) is 14.5. The first-order valence-corrected chi connectivity index (χ1v) is 8.91. The second-order valence-electron chi connectivity index (χ2n) is 7.27. The average molecular weight is 315 g/mol. The van der Waals surface area contributed by atoms with Crippen LogP contribution in [0.25, 0.3) is 0 Å². The summed E-state index contributed by atoms with van der Waals surface area (Å²) in [5, 5.41) is 0. The number of amides is 1. The van der Waals surface area contributed by atoms with E-state index >= 15 is 0 Å². The smallest absolute Gasteiger partial charge is 0.253 e. The van der Waals surface area contributed by atoms with Crippen molar-refractivity contribution in [2.24, 2.45) is 5.92 Å². The van der Waals surface area contributed by atoms with E-state index in [1.807, 2.05) is 17.0 Å². The highest BCUT2D eigenvalue weighted by Gasteiger charge is 2.20. The molecule has 2 saturated heterocycles. The molecule has 2 fully saturated rings. The van der Waals surface area contributed by atoms with Gasteiger partial charge in [0, 0.05) is 44.8 Å². The van der Waals surface area contributed by atoms with Crippen LogP contribution in [-0.4, -0.2) is 66.9 Å². The van der Waals surface area contributed by atoms with E-state index in [1.165, 1.54) is 31.5 Å². The molecular formula is C19H29N3O. The van der Waals surface area contributed by atoms with Crippen LogP contribution in [0.5, 0.6) is 0 Å². The minimum Gasteiger partial charge on any atom is -0.336 e. The first-order chi connectivity index (χ1) is 11.1. The maximum absolute atomic E-state index is 12.5. The fourth-order valence-corrected chi connectivity index (χ4v) is 3.63. The van der Waals surface area contributed by atoms with Gasteiger partial charge in [-0.3, -0.25) is 9.69 Å². The molecule has 2 heterocycles. The Morgan fingerprint density at radius 1 is 1.09 bits per heavy atom. The first kappa shape index (κ1) is 16.5. The van der Waals surface area contributed by atoms with E-state index in [2.05, 4.69) is 35.9 Å². The van der Waals surface area contributed by atoms with Gasteiger partial charge in [-0.1, -0.05) is 19.1 Å². The lowest BCUT2D eigenvalue weighted by molar-refractivity contribution is 0.0664. The number of hydrogen-bond donors (Lipinski definition) is 0. The van der Waals surface area contributed by atoms with E-state index in [4.69, 9.17) is 0 Å². The number of likely N-dealkylation sites (N-methyl/N-ethyl adjacent to an activating group) is 1. The predicted molar refractivity (Wildman–Crippen MR) is 93.5 cm³/mol. The zero-order valence-corrected chi connectivity index (χ0v) is 14.5. The fraction of sp³-hybridized carbons (Fsp3) is 0.632. The number of rotatable bonds is 3. The van der Waals surface area contributed by atoms with Gasteiger partial charge in [-0.25, -0.2) is 0 Å². The third-order valence-electron chi connectivity index (χ3n) is 5.14. The molecular weight excluding hydrogens is 286 g/mol. The summed E-state index contributed by atoms with van der Waals surface area (Å²) < 4.78 is 0. The van der Waals surface area contributed by atoms with Gasteiger partial charge in [0.1, 0.15) is 0 Å². The molecule has 1 atom stereocenters. The standard InChI is InChI=1S/C19H29N3O/c1-16-4-3-9-21(14-16)15-17-5-7-18(8-6-17)19(23)22-12-10-20(2)11-13-22/h5-8,16H,3-4,9-15H2,1-2H3/t16-/m1/s1. The van der Waals surface area contributed by atoms with Crippen molar-refractivity contribution in [2.75, 3.05) is 46.3 Å². The molecule has 3 rings (SSSR count). The van der Waals surface area contributed by atoms with Crippen LogP contribution in [0.4, 0.5) is 0 Å². The molecule has 0 radical (unpaired) electrons. The topological polar surface area (TPSA) is 26.8 Å². The second-order valence-corrected chi connectivity index (χ2v) is 7.27. The number of hydrogen-bond acceptors (Lipinski definition) is 3. The molecule has 0 spiro atoms. The Morgan fingerprint density at radius 2 is 1.78 bits per heavy atom. The molecule has 23 heavy (non-hydrogen) atoms. The van der Waals surface area contributed by atoms with Crippen LogP contribution in [-0.2, 0) is 6.54 Å². The number of piperidine rings is 1. The van der Waals surface area contributed by atoms with Crippen LogP contribution >= 0.6 is 0 Å². The molecule has 126 valence electrons. The Labute approximate surface area is 140 Å². The molecule has 0 bridgehead atoms. The minimum absolute atomic E-state index is 0.177. The van der Waals surface area contributed by atoms with Crippen molar-refractivity contribution >= 4 is 5.91 Å². The van der Waals surface area contributed by atoms with Crippen molar-refractivity contribution in [2.45, 2.75) is 26.3 Å². The normalized spacial score (nSPS) is 23.9. The molecule has 2 aliphatic heterocycles. The summed E-state index contributed by atoms with van der Waals surface area (Å²) >= 11 is 0. The number of nitrogens with zero attached hydrogens (tertiary/aromatic N) is 3. The fourth-order valence-electron chi connectivity index (χ4n) is 3.63. The Bertz CT molecular complexity index is 520. The van der Waals surface area contributed by atoms with Crippen molar-refractivity contribution in [3.63, 3.8) is 0 Å². The third kappa shape index (κ3) is 4.33. The maximum Gasteiger partial charge on any atom is 0.253 e. The molecule has 1 aromatic rings. The van der Waals surface area contributed by atoms with Crippen molar-refractivity contribution in [3.05, 3.63) is 35.4 Å². The summed E-state index contributed by atoms with van der Waals surface area (Å²) in [4.78, 5) is 19.3. The van der Waals surface area contributed by atoms with Gasteiger partial charge < -0.3 is 9.80 Å². The molecule has 0 unspecified atom stereocenters. The van der Waals surface area contributed by atoms with Gasteiger partial charge >= 0.3 is 0 Å². The SMILES string of the molecule is C[C@@H]1CCCN(Cc2ccc(C(=O)N3CCN(C)CC3)cc2)C1. The van der Waals surface area contributed by atoms with Gasteiger partial charge in [-0.2, -0.15) is 0 Å². The second kappa shape index (κ2) is 7.45. The van der Waals surface area contributed by atoms with Gasteiger partial charge in [0.25, 0.3) is 5.91 Å². The van der Waals surface area contributed by atoms with Crippen molar-refractivity contribution < 1.29 is 4.79 Å². The third-order valence-corrected chi connectivity index (χ3v) is 5.14. The molecule has 0 aromatic heterocycles. The van der Waals surface area contributed by atoms with Crippen LogP contribution in [0.1, 0.15) is 35.7 Å². The van der Waals surface area contributed by atoms with E-state index in [-0.39, 0.29) is 5.91 Å². The summed E-state index contributed by atoms with van der Waals surface area (Å²) in [6.45, 7) is 9.35. The molecule has 1 amide bonds. The molecule has 0 saturated carbocycles. The Morgan fingerprint density at radius 3 is 2.43 bits per heavy atom. The first-order valence-electron chi connectivity index (χ1n) is 8.91. The molecule has 4 nitrogen and oxygen atoms in total. The lowest BCUT2D eigenvalue weighted by Crippen LogP contribution is -2.47. The van der Waals surface area contributed by atoms with E-state index in [0.717, 1.165) is 44.2 Å². The van der Waals surface area contributed by atoms with Crippen LogP contribution < -0.4 is 0 Å². The monoisotopic (exact) mass is 315 g/mol. The summed E-state index contributed by atoms with van der Waals surface area (Å²) in [6, 6.07) is 8.26. The summed E-state index contributed by atoms with van der Waals surface area (Å²) in [7, 11) is 2.11. The lowest BCUT2D eigenvalue weighted by Gasteiger charge is -2.32. The lowest BCUT2D eigenvalue weighted by atomic mass is 9.99. The van der Waals surface area contributed by atoms with Crippen LogP contribution in [0, 0.1) is 5.92 Å². The number of likely N-dealkylation sites (tertiary alicyclic amines) is 1. The van der Waals surface area contributed by atoms with E-state index in [9.17, 15) is 4.79 Å². The van der Waals surface area contributed by atoms with Gasteiger partial charge in [-0.15, -0.1) is 0 Å². The molecule has 4 heteroatoms. The highest BCUT2D eigenvalue weighted by Crippen LogP contribution is 2.18. The van der Waals surface area contributed by atoms with E-state index < -0.39 is 0 Å². The Kier molecular flexibility index (Phi) is 5.34. The van der Waals surface area contributed by atoms with Crippen molar-refractivity contribution in [1.29, 1.82) is 0 Å². The number of carbonyl (C=O) groups excluding carboxylic acids is 1. The molecule has 0 aliphatic carbocycles. The quantitative estimate of drug-likeness (QED) is 0.856. The molecule has 2 aliphatic rings. The average Bonchev–Trinajstić information content (AvgIpc) is 2.56. The number of piperazine rings is 1. The largest absolute Gasteiger partial charge is 0.336 e. The van der Waals surface area contributed by atoms with Crippen molar-refractivity contribution in [1.82, 2.24) is 14.7 Å². The van der Waals surface area contributed by atoms with Crippen molar-refractivity contribution in [3.8, 4) is 0 Å². The van der Waals surface area contributed by atoms with Gasteiger partial charge in [-0.05, 0) is 50.0 Å². The van der Waals surface area contributed by atoms with Gasteiger partial charge in [0.15, 0.2) is 0 Å². The van der Waals surface area contributed by atoms with Gasteiger partial charge in [0.05, 0.1) is 0 Å². The predicted octanol–water partition coefficient (Wildman–Crippen LogP) is 2.31. The summed E-state index contributed by atoms with van der Waals surface area (Å²) in [5.41, 5.74) is 2.14. The highest BCUT2D eigenvalue weighted by atomic mass is 16.2.